The molecule has 1 fully saturated rings. The van der Waals surface area contributed by atoms with Crippen LogP contribution in [0, 0.1) is 23.4 Å². The number of hydrogen-bond acceptors (Lipinski definition) is 3. The Hall–Kier alpha value is -3.36. The van der Waals surface area contributed by atoms with Gasteiger partial charge in [0.1, 0.15) is 5.69 Å². The molecular formula is C19H15F3N4O2. The highest BCUT2D eigenvalue weighted by Crippen LogP contribution is 2.23. The van der Waals surface area contributed by atoms with Gasteiger partial charge in [-0.2, -0.15) is 0 Å². The van der Waals surface area contributed by atoms with Gasteiger partial charge in [-0.05, 0) is 18.6 Å². The second-order valence-corrected chi connectivity index (χ2v) is 6.63. The minimum atomic E-state index is -1.59. The van der Waals surface area contributed by atoms with E-state index in [1.807, 2.05) is 0 Å². The summed E-state index contributed by atoms with van der Waals surface area (Å²) in [5, 5.41) is 3.23. The smallest absolute Gasteiger partial charge is 0.270 e. The van der Waals surface area contributed by atoms with Gasteiger partial charge in [0.05, 0.1) is 17.6 Å². The number of carbonyl (C=O) groups excluding carboxylic acids is 2. The summed E-state index contributed by atoms with van der Waals surface area (Å²) in [4.78, 5) is 33.6. The average Bonchev–Trinajstić information content (AvgIpc) is 3.32. The van der Waals surface area contributed by atoms with Crippen molar-refractivity contribution >= 4 is 28.4 Å². The van der Waals surface area contributed by atoms with E-state index < -0.39 is 29.3 Å². The van der Waals surface area contributed by atoms with Crippen molar-refractivity contribution in [2.45, 2.75) is 6.42 Å². The third-order valence-electron chi connectivity index (χ3n) is 4.75. The van der Waals surface area contributed by atoms with E-state index in [0.717, 1.165) is 10.9 Å². The van der Waals surface area contributed by atoms with E-state index in [2.05, 4.69) is 15.3 Å². The number of benzene rings is 1. The molecule has 0 radical (unpaired) electrons. The number of halogens is 3. The molecule has 28 heavy (non-hydrogen) atoms. The number of aromatic amines is 1. The molecule has 0 saturated carbocycles. The number of nitrogens with one attached hydrogen (secondary N) is 2. The predicted octanol–water partition coefficient (Wildman–Crippen LogP) is 3.08. The van der Waals surface area contributed by atoms with Crippen LogP contribution in [0.4, 0.5) is 18.9 Å². The van der Waals surface area contributed by atoms with Crippen LogP contribution in [0.3, 0.4) is 0 Å². The van der Waals surface area contributed by atoms with Gasteiger partial charge in [-0.3, -0.25) is 14.6 Å². The molecule has 9 heteroatoms. The first-order valence-electron chi connectivity index (χ1n) is 8.60. The molecule has 1 aromatic carbocycles. The van der Waals surface area contributed by atoms with E-state index in [1.54, 1.807) is 24.5 Å². The highest BCUT2D eigenvalue weighted by Gasteiger charge is 2.32. The molecule has 6 nitrogen and oxygen atoms in total. The maximum absolute atomic E-state index is 13.3. The fraction of sp³-hybridized carbons (Fsp3) is 0.211. The van der Waals surface area contributed by atoms with Crippen LogP contribution < -0.4 is 5.32 Å². The summed E-state index contributed by atoms with van der Waals surface area (Å²) in [6.45, 7) is 0.543. The van der Waals surface area contributed by atoms with Gasteiger partial charge in [0.25, 0.3) is 5.91 Å². The zero-order valence-electron chi connectivity index (χ0n) is 14.5. The molecular weight excluding hydrogens is 373 g/mol. The van der Waals surface area contributed by atoms with Crippen LogP contribution in [-0.2, 0) is 4.79 Å². The fourth-order valence-electron chi connectivity index (χ4n) is 3.29. The number of carbonyl (C=O) groups is 2. The molecule has 1 saturated heterocycles. The van der Waals surface area contributed by atoms with Crippen molar-refractivity contribution in [1.29, 1.82) is 0 Å². The summed E-state index contributed by atoms with van der Waals surface area (Å²) in [7, 11) is 0. The van der Waals surface area contributed by atoms with Crippen LogP contribution in [0.5, 0.6) is 0 Å². The van der Waals surface area contributed by atoms with Crippen LogP contribution in [0.1, 0.15) is 16.9 Å². The molecule has 0 unspecified atom stereocenters. The summed E-state index contributed by atoms with van der Waals surface area (Å²) >= 11 is 0. The van der Waals surface area contributed by atoms with Crippen molar-refractivity contribution < 1.29 is 22.8 Å². The lowest BCUT2D eigenvalue weighted by atomic mass is 10.1. The number of aromatic nitrogens is 2. The molecule has 1 aliphatic rings. The normalized spacial score (nSPS) is 16.5. The molecule has 144 valence electrons. The summed E-state index contributed by atoms with van der Waals surface area (Å²) in [6, 6.07) is 4.93. The zero-order chi connectivity index (χ0) is 19.8. The quantitative estimate of drug-likeness (QED) is 0.677. The maximum atomic E-state index is 13.3. The molecule has 2 aromatic heterocycles. The summed E-state index contributed by atoms with van der Waals surface area (Å²) in [5.74, 6) is -5.62. The van der Waals surface area contributed by atoms with E-state index in [0.29, 0.717) is 30.8 Å². The van der Waals surface area contributed by atoms with Crippen LogP contribution in [0.15, 0.2) is 36.7 Å². The first kappa shape index (κ1) is 18.0. The second kappa shape index (κ2) is 6.99. The number of likely N-dealkylation sites (tertiary alicyclic amines) is 1. The lowest BCUT2D eigenvalue weighted by molar-refractivity contribution is -0.119. The van der Waals surface area contributed by atoms with Gasteiger partial charge in [0, 0.05) is 42.5 Å². The Morgan fingerprint density at radius 1 is 1.18 bits per heavy atom. The highest BCUT2D eigenvalue weighted by molar-refractivity contribution is 5.99. The van der Waals surface area contributed by atoms with E-state index >= 15 is 0 Å². The summed E-state index contributed by atoms with van der Waals surface area (Å²) in [6.07, 6.45) is 3.65. The van der Waals surface area contributed by atoms with Crippen molar-refractivity contribution in [3.05, 3.63) is 59.8 Å². The number of H-pyrrole nitrogens is 1. The lowest BCUT2D eigenvalue weighted by Gasteiger charge is -2.15. The second-order valence-electron chi connectivity index (χ2n) is 6.63. The monoisotopic (exact) mass is 388 g/mol. The van der Waals surface area contributed by atoms with Gasteiger partial charge in [-0.25, -0.2) is 13.2 Å². The van der Waals surface area contributed by atoms with Crippen molar-refractivity contribution in [3.8, 4) is 0 Å². The Balaban J connectivity index is 1.43. The number of hydrogen-bond donors (Lipinski definition) is 2. The number of rotatable bonds is 3. The largest absolute Gasteiger partial charge is 0.349 e. The molecule has 2 amide bonds. The molecule has 1 atom stereocenters. The Morgan fingerprint density at radius 3 is 2.64 bits per heavy atom. The molecule has 2 N–H and O–H groups in total. The number of anilines is 1. The molecule has 4 rings (SSSR count). The standard InChI is InChI=1S/C19H15F3N4O2/c20-13-6-12(7-14(21)17(13)22)24-18(27)11-2-4-26(9-11)19(28)15-5-10-1-3-23-8-16(10)25-15/h1,3,5-8,11,25H,2,4,9H2,(H,24,27)/t11-/m0/s1. The molecule has 0 bridgehead atoms. The summed E-state index contributed by atoms with van der Waals surface area (Å²) in [5.41, 5.74) is 0.959. The van der Waals surface area contributed by atoms with Gasteiger partial charge in [0.15, 0.2) is 17.5 Å². The summed E-state index contributed by atoms with van der Waals surface area (Å²) < 4.78 is 39.6. The van der Waals surface area contributed by atoms with Gasteiger partial charge in [-0.1, -0.05) is 0 Å². The van der Waals surface area contributed by atoms with E-state index in [-0.39, 0.29) is 18.1 Å². The van der Waals surface area contributed by atoms with Gasteiger partial charge < -0.3 is 15.2 Å². The number of fused-ring (bicyclic) bond motifs is 1. The Labute approximate surface area is 157 Å². The van der Waals surface area contributed by atoms with Crippen LogP contribution in [0.25, 0.3) is 10.9 Å². The highest BCUT2D eigenvalue weighted by atomic mass is 19.2. The Bertz CT molecular complexity index is 1030. The Kier molecular flexibility index (Phi) is 4.50. The van der Waals surface area contributed by atoms with Crippen molar-refractivity contribution in [2.24, 2.45) is 5.92 Å². The van der Waals surface area contributed by atoms with Crippen LogP contribution in [0.2, 0.25) is 0 Å². The Morgan fingerprint density at radius 2 is 1.93 bits per heavy atom. The zero-order valence-corrected chi connectivity index (χ0v) is 14.5. The van der Waals surface area contributed by atoms with Crippen LogP contribution >= 0.6 is 0 Å². The molecule has 3 aromatic rings. The molecule has 0 aliphatic carbocycles. The van der Waals surface area contributed by atoms with Gasteiger partial charge >= 0.3 is 0 Å². The van der Waals surface area contributed by atoms with E-state index in [9.17, 15) is 22.8 Å². The van der Waals surface area contributed by atoms with Crippen molar-refractivity contribution in [3.63, 3.8) is 0 Å². The lowest BCUT2D eigenvalue weighted by Crippen LogP contribution is -2.31. The SMILES string of the molecule is O=C(Nc1cc(F)c(F)c(F)c1)[C@H]1CCN(C(=O)c2cc3ccncc3[nH]2)C1. The van der Waals surface area contributed by atoms with E-state index in [1.165, 1.54) is 4.90 Å². The van der Waals surface area contributed by atoms with Gasteiger partial charge in [0.2, 0.25) is 5.91 Å². The van der Waals surface area contributed by atoms with Crippen molar-refractivity contribution in [1.82, 2.24) is 14.9 Å². The minimum Gasteiger partial charge on any atom is -0.349 e. The molecule has 1 aliphatic heterocycles. The predicted molar refractivity (Wildman–Crippen MR) is 95.0 cm³/mol. The van der Waals surface area contributed by atoms with Crippen LogP contribution in [-0.4, -0.2) is 39.8 Å². The number of nitrogens with zero attached hydrogens (tertiary/aromatic N) is 2. The first-order valence-corrected chi connectivity index (χ1v) is 8.60. The molecule has 0 spiro atoms. The first-order chi connectivity index (χ1) is 13.4. The number of amides is 2. The average molecular weight is 388 g/mol. The third-order valence-corrected chi connectivity index (χ3v) is 4.75. The maximum Gasteiger partial charge on any atom is 0.270 e. The minimum absolute atomic E-state index is 0.171. The fourth-order valence-corrected chi connectivity index (χ4v) is 3.29. The molecule has 3 heterocycles. The van der Waals surface area contributed by atoms with Gasteiger partial charge in [-0.15, -0.1) is 0 Å². The topological polar surface area (TPSA) is 78.1 Å². The van der Waals surface area contributed by atoms with E-state index in [4.69, 9.17) is 0 Å². The number of pyridine rings is 1. The third kappa shape index (κ3) is 3.30. The van der Waals surface area contributed by atoms with Crippen molar-refractivity contribution in [2.75, 3.05) is 18.4 Å².